The van der Waals surface area contributed by atoms with Crippen molar-refractivity contribution in [3.05, 3.63) is 24.0 Å². The van der Waals surface area contributed by atoms with Crippen LogP contribution >= 0.6 is 0 Å². The van der Waals surface area contributed by atoms with Gasteiger partial charge in [0.05, 0.1) is 6.54 Å². The number of carboxylic acid groups (broad SMARTS) is 1. The van der Waals surface area contributed by atoms with Crippen molar-refractivity contribution in [3.8, 4) is 0 Å². The number of nitrogens with two attached hydrogens (primary N) is 2. The topological polar surface area (TPSA) is 119 Å². The summed E-state index contributed by atoms with van der Waals surface area (Å²) in [6, 6.07) is 3.13. The van der Waals surface area contributed by atoms with E-state index >= 15 is 0 Å². The summed E-state index contributed by atoms with van der Waals surface area (Å²) in [7, 11) is 0. The lowest BCUT2D eigenvalue weighted by Gasteiger charge is -1.96. The highest BCUT2D eigenvalue weighted by molar-refractivity contribution is 5.96. The van der Waals surface area contributed by atoms with Crippen LogP contribution in [0.15, 0.2) is 18.3 Å². The minimum absolute atomic E-state index is 0.0313. The van der Waals surface area contributed by atoms with Gasteiger partial charge in [-0.25, -0.2) is 0 Å². The van der Waals surface area contributed by atoms with Crippen molar-refractivity contribution in [2.24, 2.45) is 5.73 Å². The van der Waals surface area contributed by atoms with Crippen LogP contribution in [0.25, 0.3) is 0 Å². The largest absolute Gasteiger partial charge is 0.481 e. The number of nitrogen functional groups attached to an aromatic ring is 1. The Kier molecular flexibility index (Phi) is 5.65. The fraction of sp³-hybridized carbons (Fsp3) is 0.222. The zero-order valence-electron chi connectivity index (χ0n) is 8.30. The first-order chi connectivity index (χ1) is 6.97. The summed E-state index contributed by atoms with van der Waals surface area (Å²) in [5.41, 5.74) is 11.4. The van der Waals surface area contributed by atoms with Crippen LogP contribution in [0.5, 0.6) is 0 Å². The molecule has 0 saturated heterocycles. The highest BCUT2D eigenvalue weighted by Crippen LogP contribution is 2.02. The molecule has 0 bridgehead atoms. The van der Waals surface area contributed by atoms with Gasteiger partial charge >= 0.3 is 0 Å². The SMILES string of the molecule is CC(=O)O.NCC(=O)c1cc(N)ccn1. The number of hydrogen-bond donors (Lipinski definition) is 3. The first-order valence-electron chi connectivity index (χ1n) is 4.11. The van der Waals surface area contributed by atoms with Crippen LogP contribution in [0.4, 0.5) is 5.69 Å². The maximum atomic E-state index is 10.9. The van der Waals surface area contributed by atoms with E-state index < -0.39 is 5.97 Å². The number of pyridine rings is 1. The van der Waals surface area contributed by atoms with Crippen LogP contribution in [0, 0.1) is 0 Å². The predicted octanol–water partition coefficient (Wildman–Crippen LogP) is -0.104. The quantitative estimate of drug-likeness (QED) is 0.587. The van der Waals surface area contributed by atoms with Gasteiger partial charge in [0.15, 0.2) is 5.78 Å². The second-order valence-electron chi connectivity index (χ2n) is 2.62. The van der Waals surface area contributed by atoms with Gasteiger partial charge in [-0.05, 0) is 12.1 Å². The molecule has 6 heteroatoms. The molecular formula is C9H13N3O3. The van der Waals surface area contributed by atoms with E-state index in [1.165, 1.54) is 12.3 Å². The molecule has 1 rings (SSSR count). The van der Waals surface area contributed by atoms with E-state index in [-0.39, 0.29) is 12.3 Å². The van der Waals surface area contributed by atoms with Gasteiger partial charge in [0, 0.05) is 18.8 Å². The van der Waals surface area contributed by atoms with Gasteiger partial charge < -0.3 is 16.6 Å². The summed E-state index contributed by atoms with van der Waals surface area (Å²) in [5, 5.41) is 7.42. The molecule has 0 saturated carbocycles. The fourth-order valence-electron chi connectivity index (χ4n) is 0.704. The first kappa shape index (κ1) is 13.1. The third kappa shape index (κ3) is 6.17. The lowest BCUT2D eigenvalue weighted by molar-refractivity contribution is -0.134. The summed E-state index contributed by atoms with van der Waals surface area (Å²) >= 11 is 0. The number of anilines is 1. The molecule has 0 aliphatic rings. The van der Waals surface area contributed by atoms with E-state index in [1.54, 1.807) is 6.07 Å². The highest BCUT2D eigenvalue weighted by atomic mass is 16.4. The Balaban J connectivity index is 0.000000423. The third-order valence-corrected chi connectivity index (χ3v) is 1.26. The van der Waals surface area contributed by atoms with E-state index in [9.17, 15) is 4.79 Å². The first-order valence-corrected chi connectivity index (χ1v) is 4.11. The normalized spacial score (nSPS) is 8.67. The monoisotopic (exact) mass is 211 g/mol. The number of rotatable bonds is 2. The molecule has 1 aromatic heterocycles. The third-order valence-electron chi connectivity index (χ3n) is 1.26. The molecule has 1 aromatic rings. The summed E-state index contributed by atoms with van der Waals surface area (Å²) in [5.74, 6) is -1.03. The Bertz CT molecular complexity index is 348. The molecule has 5 N–H and O–H groups in total. The van der Waals surface area contributed by atoms with Crippen LogP contribution in [-0.4, -0.2) is 28.4 Å². The Morgan fingerprint density at radius 1 is 1.53 bits per heavy atom. The van der Waals surface area contributed by atoms with Gasteiger partial charge in [0.1, 0.15) is 5.69 Å². The molecule has 1 heterocycles. The van der Waals surface area contributed by atoms with Gasteiger partial charge in [0.25, 0.3) is 5.97 Å². The van der Waals surface area contributed by atoms with Crippen LogP contribution in [-0.2, 0) is 4.79 Å². The Labute approximate surface area is 86.9 Å². The minimum atomic E-state index is -0.833. The van der Waals surface area contributed by atoms with Crippen molar-refractivity contribution in [2.75, 3.05) is 12.3 Å². The molecule has 82 valence electrons. The Morgan fingerprint density at radius 3 is 2.47 bits per heavy atom. The van der Waals surface area contributed by atoms with Crippen molar-refractivity contribution in [3.63, 3.8) is 0 Å². The van der Waals surface area contributed by atoms with E-state index in [0.717, 1.165) is 6.92 Å². The molecule has 0 radical (unpaired) electrons. The van der Waals surface area contributed by atoms with Gasteiger partial charge in [-0.1, -0.05) is 0 Å². The molecule has 0 aromatic carbocycles. The second kappa shape index (κ2) is 6.50. The smallest absolute Gasteiger partial charge is 0.300 e. The van der Waals surface area contributed by atoms with Crippen LogP contribution in [0.3, 0.4) is 0 Å². The Hall–Kier alpha value is -1.95. The second-order valence-corrected chi connectivity index (χ2v) is 2.62. The van der Waals surface area contributed by atoms with Crippen molar-refractivity contribution in [1.29, 1.82) is 0 Å². The van der Waals surface area contributed by atoms with E-state index in [2.05, 4.69) is 4.98 Å². The number of aliphatic carboxylic acids is 1. The van der Waals surface area contributed by atoms with Crippen molar-refractivity contribution in [2.45, 2.75) is 6.92 Å². The van der Waals surface area contributed by atoms with Gasteiger partial charge in [0.2, 0.25) is 0 Å². The zero-order chi connectivity index (χ0) is 11.8. The number of Topliss-reactive ketones (excluding diaryl/α,β-unsaturated/α-hetero) is 1. The molecule has 0 atom stereocenters. The van der Waals surface area contributed by atoms with Gasteiger partial charge in [-0.15, -0.1) is 0 Å². The number of ketones is 1. The standard InChI is InChI=1S/C7H9N3O.C2H4O2/c8-4-7(11)6-3-5(9)1-2-10-6;1-2(3)4/h1-3H,4,8H2,(H2,9,10);1H3,(H,3,4). The lowest BCUT2D eigenvalue weighted by Crippen LogP contribution is -2.15. The average Bonchev–Trinajstić information content (AvgIpc) is 2.16. The average molecular weight is 211 g/mol. The van der Waals surface area contributed by atoms with Crippen LogP contribution in [0.1, 0.15) is 17.4 Å². The number of carbonyl (C=O) groups excluding carboxylic acids is 1. The van der Waals surface area contributed by atoms with Crippen molar-refractivity contribution >= 4 is 17.4 Å². The number of carbonyl (C=O) groups is 2. The molecule has 15 heavy (non-hydrogen) atoms. The molecule has 0 aliphatic heterocycles. The van der Waals surface area contributed by atoms with E-state index in [1.807, 2.05) is 0 Å². The number of carboxylic acids is 1. The minimum Gasteiger partial charge on any atom is -0.481 e. The van der Waals surface area contributed by atoms with E-state index in [0.29, 0.717) is 11.4 Å². The maximum absolute atomic E-state index is 10.9. The van der Waals surface area contributed by atoms with Gasteiger partial charge in [-0.2, -0.15) is 0 Å². The molecule has 0 amide bonds. The van der Waals surface area contributed by atoms with Crippen molar-refractivity contribution in [1.82, 2.24) is 4.98 Å². The van der Waals surface area contributed by atoms with Crippen LogP contribution < -0.4 is 11.5 Å². The predicted molar refractivity (Wildman–Crippen MR) is 55.3 cm³/mol. The lowest BCUT2D eigenvalue weighted by atomic mass is 10.2. The van der Waals surface area contributed by atoms with Crippen molar-refractivity contribution < 1.29 is 14.7 Å². The molecular weight excluding hydrogens is 198 g/mol. The summed E-state index contributed by atoms with van der Waals surface area (Å²) in [6.07, 6.45) is 1.48. The Morgan fingerprint density at radius 2 is 2.07 bits per heavy atom. The number of nitrogens with zero attached hydrogens (tertiary/aromatic N) is 1. The summed E-state index contributed by atoms with van der Waals surface area (Å²) in [6.45, 7) is 1.05. The van der Waals surface area contributed by atoms with Gasteiger partial charge in [-0.3, -0.25) is 14.6 Å². The number of hydrogen-bond acceptors (Lipinski definition) is 5. The molecule has 0 fully saturated rings. The summed E-state index contributed by atoms with van der Waals surface area (Å²) in [4.78, 5) is 23.7. The number of aromatic nitrogens is 1. The van der Waals surface area contributed by atoms with E-state index in [4.69, 9.17) is 21.4 Å². The fourth-order valence-corrected chi connectivity index (χ4v) is 0.704. The summed E-state index contributed by atoms with van der Waals surface area (Å²) < 4.78 is 0. The molecule has 0 spiro atoms. The molecule has 0 unspecified atom stereocenters. The van der Waals surface area contributed by atoms with Crippen LogP contribution in [0.2, 0.25) is 0 Å². The zero-order valence-corrected chi connectivity index (χ0v) is 8.30. The maximum Gasteiger partial charge on any atom is 0.300 e. The highest BCUT2D eigenvalue weighted by Gasteiger charge is 2.03. The molecule has 0 aliphatic carbocycles. The molecule has 6 nitrogen and oxygen atoms in total.